The maximum Gasteiger partial charge on any atom is 0.218 e. The maximum atomic E-state index is 12.3. The van der Waals surface area contributed by atoms with Crippen molar-refractivity contribution in [1.29, 1.82) is 0 Å². The van der Waals surface area contributed by atoms with E-state index in [2.05, 4.69) is 12.2 Å². The molecule has 1 N–H and O–H groups in total. The van der Waals surface area contributed by atoms with Crippen molar-refractivity contribution >= 4 is 21.8 Å². The number of nitrogens with zero attached hydrogens (tertiary/aromatic N) is 1. The van der Waals surface area contributed by atoms with Gasteiger partial charge in [-0.2, -0.15) is 16.1 Å². The molecule has 0 bridgehead atoms. The fraction of sp³-hybridized carbons (Fsp3) is 1.00. The molecule has 0 amide bonds. The topological polar surface area (TPSA) is 49.4 Å². The van der Waals surface area contributed by atoms with Crippen molar-refractivity contribution in [3.05, 3.63) is 0 Å². The van der Waals surface area contributed by atoms with Gasteiger partial charge in [-0.15, -0.1) is 0 Å². The van der Waals surface area contributed by atoms with Crippen LogP contribution in [0, 0.1) is 0 Å². The molecule has 0 aromatic rings. The molecule has 1 aliphatic heterocycles. The highest BCUT2D eigenvalue weighted by Gasteiger charge is 2.36. The Morgan fingerprint density at radius 1 is 1.50 bits per heavy atom. The molecule has 1 rings (SSSR count). The zero-order valence-electron chi connectivity index (χ0n) is 10.4. The normalized spacial score (nSPS) is 30.2. The van der Waals surface area contributed by atoms with Crippen molar-refractivity contribution in [2.75, 3.05) is 25.9 Å². The van der Waals surface area contributed by atoms with Crippen molar-refractivity contribution in [2.24, 2.45) is 0 Å². The van der Waals surface area contributed by atoms with Crippen LogP contribution in [0.25, 0.3) is 0 Å². The van der Waals surface area contributed by atoms with Gasteiger partial charge in [0, 0.05) is 30.1 Å². The molecule has 1 fully saturated rings. The molecule has 3 unspecified atom stereocenters. The smallest absolute Gasteiger partial charge is 0.218 e. The van der Waals surface area contributed by atoms with Crippen LogP contribution in [-0.2, 0) is 10.0 Å². The minimum atomic E-state index is -3.15. The summed E-state index contributed by atoms with van der Waals surface area (Å²) in [6, 6.07) is 0.100. The Bertz CT molecular complexity index is 319. The Morgan fingerprint density at radius 2 is 2.12 bits per heavy atom. The molecule has 1 aliphatic rings. The van der Waals surface area contributed by atoms with Crippen LogP contribution in [0.5, 0.6) is 0 Å². The van der Waals surface area contributed by atoms with Crippen LogP contribution in [-0.4, -0.2) is 55.2 Å². The molecule has 0 aromatic carbocycles. The minimum Gasteiger partial charge on any atom is -0.318 e. The molecule has 0 spiro atoms. The Hall–Kier alpha value is 0.220. The number of hydrogen-bond donors (Lipinski definition) is 1. The summed E-state index contributed by atoms with van der Waals surface area (Å²) in [5.74, 6) is 0.900. The van der Waals surface area contributed by atoms with E-state index >= 15 is 0 Å². The van der Waals surface area contributed by atoms with Crippen LogP contribution in [0.3, 0.4) is 0 Å². The quantitative estimate of drug-likeness (QED) is 0.816. The van der Waals surface area contributed by atoms with Gasteiger partial charge in [0.15, 0.2) is 0 Å². The molecule has 3 atom stereocenters. The molecule has 0 aromatic heterocycles. The first-order valence-electron chi connectivity index (χ1n) is 5.68. The summed E-state index contributed by atoms with van der Waals surface area (Å²) < 4.78 is 26.3. The first kappa shape index (κ1) is 14.3. The van der Waals surface area contributed by atoms with Gasteiger partial charge in [-0.3, -0.25) is 0 Å². The lowest BCUT2D eigenvalue weighted by Gasteiger charge is -2.37. The van der Waals surface area contributed by atoms with E-state index in [1.807, 2.05) is 18.7 Å². The Balaban J connectivity index is 2.82. The molecule has 0 saturated carbocycles. The maximum absolute atomic E-state index is 12.3. The van der Waals surface area contributed by atoms with Crippen molar-refractivity contribution in [3.8, 4) is 0 Å². The average molecular weight is 266 g/mol. The van der Waals surface area contributed by atoms with Gasteiger partial charge in [0.25, 0.3) is 0 Å². The van der Waals surface area contributed by atoms with Crippen LogP contribution < -0.4 is 5.32 Å². The van der Waals surface area contributed by atoms with E-state index in [1.54, 1.807) is 18.3 Å². The second-order valence-electron chi connectivity index (χ2n) is 4.34. The third-order valence-corrected chi connectivity index (χ3v) is 6.84. The first-order valence-corrected chi connectivity index (χ1v) is 8.23. The number of nitrogens with one attached hydrogen (secondary N) is 1. The van der Waals surface area contributed by atoms with Gasteiger partial charge in [-0.05, 0) is 20.9 Å². The highest BCUT2D eigenvalue weighted by molar-refractivity contribution is 8.00. The zero-order chi connectivity index (χ0) is 12.3. The lowest BCUT2D eigenvalue weighted by molar-refractivity contribution is 0.336. The largest absolute Gasteiger partial charge is 0.318 e. The number of rotatable bonds is 4. The van der Waals surface area contributed by atoms with E-state index in [1.165, 1.54) is 0 Å². The monoisotopic (exact) mass is 266 g/mol. The third kappa shape index (κ3) is 2.91. The summed E-state index contributed by atoms with van der Waals surface area (Å²) in [7, 11) is -1.37. The highest BCUT2D eigenvalue weighted by atomic mass is 32.2. The predicted octanol–water partition coefficient (Wildman–Crippen LogP) is 0.750. The standard InChI is InChI=1S/C10H22N2O2S2/c1-8(7-11-4)16(13,14)12-5-6-15-10(3)9(12)2/h8-11H,5-7H2,1-4H3. The summed E-state index contributed by atoms with van der Waals surface area (Å²) in [6.45, 7) is 7.02. The van der Waals surface area contributed by atoms with E-state index in [4.69, 9.17) is 0 Å². The van der Waals surface area contributed by atoms with E-state index < -0.39 is 10.0 Å². The van der Waals surface area contributed by atoms with Gasteiger partial charge in [0.05, 0.1) is 5.25 Å². The Kier molecular flexibility index (Phi) is 5.10. The molecule has 0 radical (unpaired) electrons. The van der Waals surface area contributed by atoms with E-state index in [-0.39, 0.29) is 11.3 Å². The molecular formula is C10H22N2O2S2. The summed E-state index contributed by atoms with van der Waals surface area (Å²) in [5, 5.41) is 2.96. The van der Waals surface area contributed by atoms with Crippen LogP contribution in [0.4, 0.5) is 0 Å². The van der Waals surface area contributed by atoms with E-state index in [0.717, 1.165) is 5.75 Å². The molecule has 6 heteroatoms. The lowest BCUT2D eigenvalue weighted by atomic mass is 10.2. The number of hydrogen-bond acceptors (Lipinski definition) is 4. The van der Waals surface area contributed by atoms with Crippen LogP contribution in [0.1, 0.15) is 20.8 Å². The van der Waals surface area contributed by atoms with Crippen LogP contribution in [0.15, 0.2) is 0 Å². The van der Waals surface area contributed by atoms with Gasteiger partial charge in [-0.1, -0.05) is 6.92 Å². The summed E-state index contributed by atoms with van der Waals surface area (Å²) in [5.41, 5.74) is 0. The molecule has 16 heavy (non-hydrogen) atoms. The summed E-state index contributed by atoms with van der Waals surface area (Å²) in [6.07, 6.45) is 0. The second kappa shape index (κ2) is 5.71. The highest BCUT2D eigenvalue weighted by Crippen LogP contribution is 2.27. The molecule has 0 aliphatic carbocycles. The fourth-order valence-electron chi connectivity index (χ4n) is 1.89. The molecule has 1 heterocycles. The molecular weight excluding hydrogens is 244 g/mol. The number of sulfonamides is 1. The summed E-state index contributed by atoms with van der Waals surface area (Å²) in [4.78, 5) is 0. The summed E-state index contributed by atoms with van der Waals surface area (Å²) >= 11 is 1.85. The molecule has 4 nitrogen and oxygen atoms in total. The van der Waals surface area contributed by atoms with Gasteiger partial charge >= 0.3 is 0 Å². The van der Waals surface area contributed by atoms with Crippen LogP contribution >= 0.6 is 11.8 Å². The zero-order valence-corrected chi connectivity index (χ0v) is 12.1. The third-order valence-electron chi connectivity index (χ3n) is 3.15. The van der Waals surface area contributed by atoms with Crippen molar-refractivity contribution in [1.82, 2.24) is 9.62 Å². The Morgan fingerprint density at radius 3 is 2.69 bits per heavy atom. The second-order valence-corrected chi connectivity index (χ2v) is 8.13. The first-order chi connectivity index (χ1) is 7.41. The average Bonchev–Trinajstić information content (AvgIpc) is 2.22. The van der Waals surface area contributed by atoms with Crippen molar-refractivity contribution in [2.45, 2.75) is 37.3 Å². The van der Waals surface area contributed by atoms with Crippen LogP contribution in [0.2, 0.25) is 0 Å². The lowest BCUT2D eigenvalue weighted by Crippen LogP contribution is -2.51. The van der Waals surface area contributed by atoms with Crippen molar-refractivity contribution < 1.29 is 8.42 Å². The van der Waals surface area contributed by atoms with Gasteiger partial charge < -0.3 is 5.32 Å². The minimum absolute atomic E-state index is 0.100. The van der Waals surface area contributed by atoms with Gasteiger partial charge in [-0.25, -0.2) is 8.42 Å². The van der Waals surface area contributed by atoms with Crippen molar-refractivity contribution in [3.63, 3.8) is 0 Å². The SMILES string of the molecule is CNCC(C)S(=O)(=O)N1CCSC(C)C1C. The van der Waals surface area contributed by atoms with E-state index in [9.17, 15) is 8.42 Å². The number of thioether (sulfide) groups is 1. The van der Waals surface area contributed by atoms with Gasteiger partial charge in [0.1, 0.15) is 0 Å². The Labute approximate surface area is 103 Å². The van der Waals surface area contributed by atoms with Gasteiger partial charge in [0.2, 0.25) is 10.0 Å². The molecule has 1 saturated heterocycles. The molecule has 96 valence electrons. The van der Waals surface area contributed by atoms with E-state index in [0.29, 0.717) is 18.3 Å². The predicted molar refractivity (Wildman–Crippen MR) is 70.4 cm³/mol. The fourth-order valence-corrected chi connectivity index (χ4v) is 5.01.